The second-order valence-electron chi connectivity index (χ2n) is 4.17. The van der Waals surface area contributed by atoms with Crippen LogP contribution < -0.4 is 11.2 Å². The maximum absolute atomic E-state index is 10.0. The third-order valence-electron chi connectivity index (χ3n) is 2.60. The Balaban J connectivity index is 2.30. The van der Waals surface area contributed by atoms with Crippen LogP contribution in [0.3, 0.4) is 0 Å². The molecule has 7 heteroatoms. The lowest BCUT2D eigenvalue weighted by molar-refractivity contribution is 0.474. The molecule has 2 aromatic carbocycles. The van der Waals surface area contributed by atoms with E-state index in [1.54, 1.807) is 30.3 Å². The molecule has 0 atom stereocenters. The lowest BCUT2D eigenvalue weighted by Crippen LogP contribution is -2.23. The highest BCUT2D eigenvalue weighted by atomic mass is 35.5. The van der Waals surface area contributed by atoms with Gasteiger partial charge in [-0.05, 0) is 53.7 Å². The number of thiocarbonyl (C=S) groups is 1. The lowest BCUT2D eigenvalue weighted by Gasteiger charge is -2.06. The highest BCUT2D eigenvalue weighted by Gasteiger charge is 2.05. The zero-order valence-corrected chi connectivity index (χ0v) is 13.0. The molecule has 0 aliphatic rings. The predicted octanol–water partition coefficient (Wildman–Crippen LogP) is 3.53. The molecule has 0 unspecified atom stereocenters. The van der Waals surface area contributed by atoms with E-state index < -0.39 is 0 Å². The molecule has 0 aliphatic carbocycles. The number of phenolic OH excluding ortho intramolecular Hbond substituents is 1. The van der Waals surface area contributed by atoms with Gasteiger partial charge in [-0.1, -0.05) is 29.3 Å². The second-order valence-corrected chi connectivity index (χ2v) is 5.48. The third-order valence-corrected chi connectivity index (χ3v) is 3.13. The number of hydrazone groups is 1. The van der Waals surface area contributed by atoms with E-state index in [0.717, 1.165) is 11.1 Å². The smallest absolute Gasteiger partial charge is 0.184 e. The van der Waals surface area contributed by atoms with Gasteiger partial charge in [-0.25, -0.2) is 0 Å². The van der Waals surface area contributed by atoms with Crippen molar-refractivity contribution in [1.82, 2.24) is 5.43 Å². The van der Waals surface area contributed by atoms with Gasteiger partial charge < -0.3 is 10.8 Å². The summed E-state index contributed by atoms with van der Waals surface area (Å²) in [5.41, 5.74) is 9.78. The van der Waals surface area contributed by atoms with E-state index in [2.05, 4.69) is 22.7 Å². The van der Waals surface area contributed by atoms with Gasteiger partial charge >= 0.3 is 0 Å². The molecule has 0 bridgehead atoms. The SMILES string of the molecule is NC(=S)NN=Cc1ccc(-c2cc(Cl)cc(Cl)c2)cc1O. The maximum atomic E-state index is 10.0. The Morgan fingerprint density at radius 1 is 1.14 bits per heavy atom. The minimum Gasteiger partial charge on any atom is -0.507 e. The van der Waals surface area contributed by atoms with Crippen LogP contribution in [-0.4, -0.2) is 16.4 Å². The van der Waals surface area contributed by atoms with Crippen LogP contribution in [0.4, 0.5) is 0 Å². The first-order valence-electron chi connectivity index (χ1n) is 5.83. The molecule has 0 aliphatic heterocycles. The van der Waals surface area contributed by atoms with Gasteiger partial charge in [0.25, 0.3) is 0 Å². The number of nitrogens with two attached hydrogens (primary N) is 1. The lowest BCUT2D eigenvalue weighted by atomic mass is 10.0. The standard InChI is InChI=1S/C14H11Cl2N3OS/c15-11-3-10(4-12(16)6-11)8-1-2-9(13(20)5-8)7-18-19-14(17)21/h1-7,20H,(H3,17,19,21). The van der Waals surface area contributed by atoms with Crippen molar-refractivity contribution in [2.75, 3.05) is 0 Å². The Bertz CT molecular complexity index is 699. The fourth-order valence-corrected chi connectivity index (χ4v) is 2.30. The fraction of sp³-hybridized carbons (Fsp3) is 0. The molecule has 0 amide bonds. The van der Waals surface area contributed by atoms with E-state index in [-0.39, 0.29) is 10.9 Å². The van der Waals surface area contributed by atoms with Gasteiger partial charge in [-0.2, -0.15) is 5.10 Å². The van der Waals surface area contributed by atoms with Gasteiger partial charge in [0.05, 0.1) is 6.21 Å². The van der Waals surface area contributed by atoms with Crippen molar-refractivity contribution in [2.24, 2.45) is 10.8 Å². The minimum absolute atomic E-state index is 0.0518. The molecule has 0 radical (unpaired) electrons. The Morgan fingerprint density at radius 3 is 2.38 bits per heavy atom. The zero-order chi connectivity index (χ0) is 15.4. The number of halogens is 2. The molecule has 0 saturated heterocycles. The largest absolute Gasteiger partial charge is 0.507 e. The molecule has 0 fully saturated rings. The minimum atomic E-state index is 0.0518. The molecule has 4 N–H and O–H groups in total. The van der Waals surface area contributed by atoms with E-state index in [4.69, 9.17) is 28.9 Å². The summed E-state index contributed by atoms with van der Waals surface area (Å²) in [5.74, 6) is 0.0667. The van der Waals surface area contributed by atoms with E-state index in [1.165, 1.54) is 6.21 Å². The van der Waals surface area contributed by atoms with Crippen LogP contribution in [0.2, 0.25) is 10.0 Å². The number of nitrogens with one attached hydrogen (secondary N) is 1. The van der Waals surface area contributed by atoms with Gasteiger partial charge in [-0.15, -0.1) is 0 Å². The summed E-state index contributed by atoms with van der Waals surface area (Å²) >= 11 is 16.6. The third kappa shape index (κ3) is 4.32. The number of rotatable bonds is 3. The van der Waals surface area contributed by atoms with Crippen LogP contribution in [0.15, 0.2) is 41.5 Å². The van der Waals surface area contributed by atoms with Gasteiger partial charge in [0.15, 0.2) is 5.11 Å². The Labute approximate surface area is 137 Å². The zero-order valence-electron chi connectivity index (χ0n) is 10.7. The molecule has 2 rings (SSSR count). The summed E-state index contributed by atoms with van der Waals surface area (Å²) in [7, 11) is 0. The summed E-state index contributed by atoms with van der Waals surface area (Å²) in [5, 5.41) is 14.9. The number of aromatic hydroxyl groups is 1. The van der Waals surface area contributed by atoms with E-state index in [9.17, 15) is 5.11 Å². The summed E-state index contributed by atoms with van der Waals surface area (Å²) < 4.78 is 0. The fourth-order valence-electron chi connectivity index (χ4n) is 1.72. The van der Waals surface area contributed by atoms with Crippen molar-refractivity contribution in [3.05, 3.63) is 52.0 Å². The highest BCUT2D eigenvalue weighted by molar-refractivity contribution is 7.80. The maximum Gasteiger partial charge on any atom is 0.184 e. The van der Waals surface area contributed by atoms with Crippen LogP contribution in [-0.2, 0) is 0 Å². The Morgan fingerprint density at radius 2 is 1.81 bits per heavy atom. The summed E-state index contributed by atoms with van der Waals surface area (Å²) in [4.78, 5) is 0. The van der Waals surface area contributed by atoms with Gasteiger partial charge in [0.1, 0.15) is 5.75 Å². The normalized spacial score (nSPS) is 10.8. The molecule has 0 saturated carbocycles. The van der Waals surface area contributed by atoms with Crippen molar-refractivity contribution in [3.63, 3.8) is 0 Å². The Kier molecular flexibility index (Phi) is 5.01. The quantitative estimate of drug-likeness (QED) is 0.454. The first-order chi connectivity index (χ1) is 9.95. The number of benzene rings is 2. The summed E-state index contributed by atoms with van der Waals surface area (Å²) in [6.07, 6.45) is 1.42. The molecule has 2 aromatic rings. The van der Waals surface area contributed by atoms with Crippen molar-refractivity contribution in [3.8, 4) is 16.9 Å². The van der Waals surface area contributed by atoms with E-state index >= 15 is 0 Å². The van der Waals surface area contributed by atoms with Crippen molar-refractivity contribution < 1.29 is 5.11 Å². The summed E-state index contributed by atoms with van der Waals surface area (Å²) in [6, 6.07) is 10.3. The molecular formula is C14H11Cl2N3OS. The molecule has 108 valence electrons. The molecule has 0 heterocycles. The van der Waals surface area contributed by atoms with E-state index in [0.29, 0.717) is 15.6 Å². The average Bonchev–Trinajstić information content (AvgIpc) is 2.39. The molecule has 0 spiro atoms. The van der Waals surface area contributed by atoms with Crippen LogP contribution >= 0.6 is 35.4 Å². The topological polar surface area (TPSA) is 70.6 Å². The Hall–Kier alpha value is -1.82. The van der Waals surface area contributed by atoms with Crippen molar-refractivity contribution in [2.45, 2.75) is 0 Å². The molecule has 21 heavy (non-hydrogen) atoms. The first-order valence-corrected chi connectivity index (χ1v) is 7.00. The van der Waals surface area contributed by atoms with Crippen molar-refractivity contribution >= 4 is 46.7 Å². The van der Waals surface area contributed by atoms with Gasteiger partial charge in [0.2, 0.25) is 0 Å². The average molecular weight is 340 g/mol. The molecule has 4 nitrogen and oxygen atoms in total. The van der Waals surface area contributed by atoms with Crippen LogP contribution in [0.25, 0.3) is 11.1 Å². The number of nitrogens with zero attached hydrogens (tertiary/aromatic N) is 1. The highest BCUT2D eigenvalue weighted by Crippen LogP contribution is 2.30. The monoisotopic (exact) mass is 339 g/mol. The molecular weight excluding hydrogens is 329 g/mol. The van der Waals surface area contributed by atoms with E-state index in [1.807, 2.05) is 6.07 Å². The number of hydrogen-bond donors (Lipinski definition) is 3. The number of hydrogen-bond acceptors (Lipinski definition) is 3. The van der Waals surface area contributed by atoms with Crippen LogP contribution in [0.1, 0.15) is 5.56 Å². The van der Waals surface area contributed by atoms with Crippen LogP contribution in [0.5, 0.6) is 5.75 Å². The van der Waals surface area contributed by atoms with Gasteiger partial charge in [-0.3, -0.25) is 5.43 Å². The molecule has 0 aromatic heterocycles. The predicted molar refractivity (Wildman–Crippen MR) is 91.1 cm³/mol. The second kappa shape index (κ2) is 6.76. The van der Waals surface area contributed by atoms with Gasteiger partial charge in [0, 0.05) is 15.6 Å². The first kappa shape index (κ1) is 15.6. The van der Waals surface area contributed by atoms with Crippen molar-refractivity contribution in [1.29, 1.82) is 0 Å². The van der Waals surface area contributed by atoms with Crippen LogP contribution in [0, 0.1) is 0 Å². The summed E-state index contributed by atoms with van der Waals surface area (Å²) in [6.45, 7) is 0. The number of phenols is 1.